The van der Waals surface area contributed by atoms with Crippen LogP contribution < -0.4 is 0 Å². The van der Waals surface area contributed by atoms with Crippen molar-refractivity contribution in [3.63, 3.8) is 0 Å². The molecule has 1 aromatic heterocycles. The van der Waals surface area contributed by atoms with E-state index in [2.05, 4.69) is 18.0 Å². The first kappa shape index (κ1) is 14.2. The lowest BCUT2D eigenvalue weighted by Gasteiger charge is -2.26. The Bertz CT molecular complexity index is 610. The Morgan fingerprint density at radius 2 is 1.81 bits per heavy atom. The lowest BCUT2D eigenvalue weighted by Crippen LogP contribution is -2.11. The molecule has 0 bridgehead atoms. The molecule has 1 saturated carbocycles. The number of aryl methyl sites for hydroxylation is 1. The molecule has 0 N–H and O–H groups in total. The fourth-order valence-corrected chi connectivity index (χ4v) is 3.23. The standard InChI is InChI=1S/C19H22FN/c1-13-3-6-15(7-4-13)16-8-10-19(21-12-16)17-9-5-14(2)11-18(17)20/h5,8-13,15H,3-4,6-7H2,1-2H3/t13-,15-. The zero-order chi connectivity index (χ0) is 14.8. The fourth-order valence-electron chi connectivity index (χ4n) is 3.23. The van der Waals surface area contributed by atoms with Gasteiger partial charge in [0.25, 0.3) is 0 Å². The highest BCUT2D eigenvalue weighted by molar-refractivity contribution is 5.60. The largest absolute Gasteiger partial charge is 0.256 e. The molecule has 0 amide bonds. The van der Waals surface area contributed by atoms with Crippen LogP contribution in [0, 0.1) is 18.7 Å². The predicted molar refractivity (Wildman–Crippen MR) is 84.7 cm³/mol. The van der Waals surface area contributed by atoms with Crippen molar-refractivity contribution in [2.45, 2.75) is 45.4 Å². The molecule has 1 aliphatic carbocycles. The van der Waals surface area contributed by atoms with Crippen LogP contribution in [-0.4, -0.2) is 4.98 Å². The molecule has 1 heterocycles. The highest BCUT2D eigenvalue weighted by Crippen LogP contribution is 2.35. The van der Waals surface area contributed by atoms with Gasteiger partial charge in [-0.3, -0.25) is 4.98 Å². The van der Waals surface area contributed by atoms with Crippen LogP contribution >= 0.6 is 0 Å². The molecular formula is C19H22FN. The molecule has 2 aromatic rings. The van der Waals surface area contributed by atoms with E-state index in [-0.39, 0.29) is 5.82 Å². The van der Waals surface area contributed by atoms with Gasteiger partial charge in [-0.25, -0.2) is 4.39 Å². The second-order valence-corrected chi connectivity index (χ2v) is 6.42. The summed E-state index contributed by atoms with van der Waals surface area (Å²) in [5, 5.41) is 0. The summed E-state index contributed by atoms with van der Waals surface area (Å²) in [5.41, 5.74) is 3.55. The Balaban J connectivity index is 1.80. The molecule has 1 aliphatic rings. The SMILES string of the molecule is Cc1ccc(-c2ccc([C@H]3CC[C@H](C)CC3)cn2)c(F)c1. The number of rotatable bonds is 2. The second-order valence-electron chi connectivity index (χ2n) is 6.42. The van der Waals surface area contributed by atoms with E-state index in [9.17, 15) is 4.39 Å². The van der Waals surface area contributed by atoms with Gasteiger partial charge < -0.3 is 0 Å². The highest BCUT2D eigenvalue weighted by atomic mass is 19.1. The van der Waals surface area contributed by atoms with Crippen molar-refractivity contribution in [1.82, 2.24) is 4.98 Å². The summed E-state index contributed by atoms with van der Waals surface area (Å²) in [6, 6.07) is 9.39. The smallest absolute Gasteiger partial charge is 0.132 e. The van der Waals surface area contributed by atoms with Crippen LogP contribution in [0.1, 0.15) is 49.7 Å². The summed E-state index contributed by atoms with van der Waals surface area (Å²) in [7, 11) is 0. The van der Waals surface area contributed by atoms with Crippen molar-refractivity contribution < 1.29 is 4.39 Å². The van der Waals surface area contributed by atoms with Crippen molar-refractivity contribution in [2.24, 2.45) is 5.92 Å². The minimum Gasteiger partial charge on any atom is -0.256 e. The van der Waals surface area contributed by atoms with Gasteiger partial charge in [0.2, 0.25) is 0 Å². The van der Waals surface area contributed by atoms with Crippen molar-refractivity contribution in [3.8, 4) is 11.3 Å². The fraction of sp³-hybridized carbons (Fsp3) is 0.421. The third-order valence-corrected chi connectivity index (χ3v) is 4.67. The van der Waals surface area contributed by atoms with Crippen LogP contribution in [0.15, 0.2) is 36.5 Å². The number of benzene rings is 1. The maximum absolute atomic E-state index is 14.0. The van der Waals surface area contributed by atoms with Gasteiger partial charge in [-0.05, 0) is 60.9 Å². The normalized spacial score (nSPS) is 22.2. The van der Waals surface area contributed by atoms with E-state index in [4.69, 9.17) is 0 Å². The zero-order valence-corrected chi connectivity index (χ0v) is 12.8. The minimum atomic E-state index is -0.193. The Morgan fingerprint density at radius 3 is 2.43 bits per heavy atom. The van der Waals surface area contributed by atoms with E-state index < -0.39 is 0 Å². The number of hydrogen-bond donors (Lipinski definition) is 0. The molecule has 0 aliphatic heterocycles. The summed E-state index contributed by atoms with van der Waals surface area (Å²) in [4.78, 5) is 4.49. The van der Waals surface area contributed by atoms with Crippen molar-refractivity contribution in [3.05, 3.63) is 53.5 Å². The molecule has 1 aromatic carbocycles. The molecule has 3 rings (SSSR count). The molecule has 110 valence electrons. The van der Waals surface area contributed by atoms with E-state index in [1.165, 1.54) is 31.2 Å². The van der Waals surface area contributed by atoms with Crippen molar-refractivity contribution in [1.29, 1.82) is 0 Å². The first-order valence-electron chi connectivity index (χ1n) is 7.86. The van der Waals surface area contributed by atoms with E-state index in [1.54, 1.807) is 6.07 Å². The highest BCUT2D eigenvalue weighted by Gasteiger charge is 2.20. The average Bonchev–Trinajstić information content (AvgIpc) is 2.48. The minimum absolute atomic E-state index is 0.193. The van der Waals surface area contributed by atoms with E-state index in [0.717, 1.165) is 17.2 Å². The Hall–Kier alpha value is -1.70. The molecule has 0 spiro atoms. The number of halogens is 1. The Labute approximate surface area is 126 Å². The van der Waals surface area contributed by atoms with Gasteiger partial charge in [0.05, 0.1) is 5.69 Å². The van der Waals surface area contributed by atoms with Gasteiger partial charge in [0.15, 0.2) is 0 Å². The van der Waals surface area contributed by atoms with Gasteiger partial charge in [0, 0.05) is 11.8 Å². The van der Waals surface area contributed by atoms with Gasteiger partial charge in [0.1, 0.15) is 5.82 Å². The van der Waals surface area contributed by atoms with E-state index in [1.807, 2.05) is 31.3 Å². The monoisotopic (exact) mass is 283 g/mol. The summed E-state index contributed by atoms with van der Waals surface area (Å²) in [6.07, 6.45) is 7.05. The molecule has 0 radical (unpaired) electrons. The van der Waals surface area contributed by atoms with Gasteiger partial charge >= 0.3 is 0 Å². The third kappa shape index (κ3) is 3.15. The maximum Gasteiger partial charge on any atom is 0.132 e. The van der Waals surface area contributed by atoms with Gasteiger partial charge in [-0.1, -0.05) is 31.9 Å². The summed E-state index contributed by atoms with van der Waals surface area (Å²) < 4.78 is 14.0. The summed E-state index contributed by atoms with van der Waals surface area (Å²) >= 11 is 0. The van der Waals surface area contributed by atoms with Crippen molar-refractivity contribution in [2.75, 3.05) is 0 Å². The van der Waals surface area contributed by atoms with Gasteiger partial charge in [-0.2, -0.15) is 0 Å². The van der Waals surface area contributed by atoms with Crippen LogP contribution in [0.4, 0.5) is 4.39 Å². The third-order valence-electron chi connectivity index (χ3n) is 4.67. The van der Waals surface area contributed by atoms with Gasteiger partial charge in [-0.15, -0.1) is 0 Å². The Kier molecular flexibility index (Phi) is 4.05. The molecule has 21 heavy (non-hydrogen) atoms. The molecular weight excluding hydrogens is 261 g/mol. The van der Waals surface area contributed by atoms with Crippen LogP contribution in [0.5, 0.6) is 0 Å². The lowest BCUT2D eigenvalue weighted by molar-refractivity contribution is 0.347. The van der Waals surface area contributed by atoms with E-state index >= 15 is 0 Å². The average molecular weight is 283 g/mol. The molecule has 1 fully saturated rings. The quantitative estimate of drug-likeness (QED) is 0.710. The topological polar surface area (TPSA) is 12.9 Å². The molecule has 1 nitrogen and oxygen atoms in total. The number of aromatic nitrogens is 1. The van der Waals surface area contributed by atoms with Crippen LogP contribution in [0.25, 0.3) is 11.3 Å². The van der Waals surface area contributed by atoms with E-state index in [0.29, 0.717) is 11.5 Å². The maximum atomic E-state index is 14.0. The number of hydrogen-bond acceptors (Lipinski definition) is 1. The molecule has 0 atom stereocenters. The zero-order valence-electron chi connectivity index (χ0n) is 12.8. The summed E-state index contributed by atoms with van der Waals surface area (Å²) in [6.45, 7) is 4.23. The first-order chi connectivity index (χ1) is 10.1. The molecule has 0 unspecified atom stereocenters. The van der Waals surface area contributed by atoms with Crippen molar-refractivity contribution >= 4 is 0 Å². The molecule has 0 saturated heterocycles. The Morgan fingerprint density at radius 1 is 1.05 bits per heavy atom. The number of nitrogens with zero attached hydrogens (tertiary/aromatic N) is 1. The summed E-state index contributed by atoms with van der Waals surface area (Å²) in [5.74, 6) is 1.29. The van der Waals surface area contributed by atoms with Crippen LogP contribution in [0.2, 0.25) is 0 Å². The lowest BCUT2D eigenvalue weighted by atomic mass is 9.80. The first-order valence-corrected chi connectivity index (χ1v) is 7.86. The van der Waals surface area contributed by atoms with Crippen LogP contribution in [-0.2, 0) is 0 Å². The second kappa shape index (κ2) is 5.97. The van der Waals surface area contributed by atoms with Crippen LogP contribution in [0.3, 0.4) is 0 Å². The number of pyridine rings is 1. The predicted octanol–water partition coefficient (Wildman–Crippen LogP) is 5.49. The molecule has 2 heteroatoms.